The van der Waals surface area contributed by atoms with Gasteiger partial charge in [-0.25, -0.2) is 4.98 Å². The van der Waals surface area contributed by atoms with Crippen molar-refractivity contribution in [2.24, 2.45) is 0 Å². The Kier molecular flexibility index (Phi) is 2.33. The van der Waals surface area contributed by atoms with Crippen LogP contribution in [0.5, 0.6) is 0 Å². The molecule has 2 N–H and O–H groups in total. The van der Waals surface area contributed by atoms with Gasteiger partial charge in [0.05, 0.1) is 20.3 Å². The molecule has 0 saturated carbocycles. The maximum absolute atomic E-state index is 4.32. The van der Waals surface area contributed by atoms with Gasteiger partial charge in [0.2, 0.25) is 0 Å². The number of rotatable bonds is 1. The molecule has 0 bridgehead atoms. The van der Waals surface area contributed by atoms with Crippen molar-refractivity contribution in [3.05, 3.63) is 16.6 Å². The molecule has 2 heterocycles. The molecule has 13 heavy (non-hydrogen) atoms. The summed E-state index contributed by atoms with van der Waals surface area (Å²) >= 11 is 3.37. The average molecular weight is 260 g/mol. The lowest BCUT2D eigenvalue weighted by atomic mass is 10.3. The number of imidazole rings is 1. The van der Waals surface area contributed by atoms with E-state index in [0.29, 0.717) is 6.04 Å². The molecule has 1 aliphatic rings. The van der Waals surface area contributed by atoms with Gasteiger partial charge in [-0.2, -0.15) is 0 Å². The van der Waals surface area contributed by atoms with Crippen LogP contribution in [0.15, 0.2) is 10.8 Å². The standard InChI is InChI=1S/C8H14BrN3Si/c1-13(2)4-6(11-5-13)8-10-3-7(9)12-8/h3,6,11H,4-5H2,1-2H3,(H,10,12). The number of aromatic nitrogens is 2. The molecular formula is C8H14BrN3Si. The summed E-state index contributed by atoms with van der Waals surface area (Å²) in [6.45, 7) is 4.83. The first-order valence-corrected chi connectivity index (χ1v) is 8.71. The summed E-state index contributed by atoms with van der Waals surface area (Å²) in [7, 11) is -0.963. The SMILES string of the molecule is C[Si]1(C)CNC(c2ncc(Br)[nH]2)C1. The number of H-pyrrole nitrogens is 1. The molecule has 1 unspecified atom stereocenters. The molecule has 2 rings (SSSR count). The van der Waals surface area contributed by atoms with E-state index in [1.54, 1.807) is 0 Å². The fraction of sp³-hybridized carbons (Fsp3) is 0.625. The Hall–Kier alpha value is -0.133. The Bertz CT molecular complexity index is 310. The molecule has 3 nitrogen and oxygen atoms in total. The van der Waals surface area contributed by atoms with E-state index in [1.807, 2.05) is 6.20 Å². The van der Waals surface area contributed by atoms with Gasteiger partial charge < -0.3 is 10.3 Å². The second-order valence-electron chi connectivity index (χ2n) is 4.42. The predicted octanol–water partition coefficient (Wildman–Crippen LogP) is 2.06. The van der Waals surface area contributed by atoms with Crippen molar-refractivity contribution >= 4 is 24.0 Å². The zero-order valence-corrected chi connectivity index (χ0v) is 10.5. The quantitative estimate of drug-likeness (QED) is 0.759. The average Bonchev–Trinajstić information content (AvgIpc) is 2.56. The van der Waals surface area contributed by atoms with Gasteiger partial charge in [0.15, 0.2) is 0 Å². The lowest BCUT2D eigenvalue weighted by Gasteiger charge is -2.11. The Morgan fingerprint density at radius 3 is 2.85 bits per heavy atom. The van der Waals surface area contributed by atoms with E-state index in [9.17, 15) is 0 Å². The number of aromatic amines is 1. The van der Waals surface area contributed by atoms with Crippen LogP contribution in [0.1, 0.15) is 11.9 Å². The molecule has 0 spiro atoms. The van der Waals surface area contributed by atoms with Crippen molar-refractivity contribution in [1.29, 1.82) is 0 Å². The highest BCUT2D eigenvalue weighted by atomic mass is 79.9. The molecular weight excluding hydrogens is 246 g/mol. The van der Waals surface area contributed by atoms with Gasteiger partial charge in [-0.3, -0.25) is 0 Å². The Morgan fingerprint density at radius 2 is 2.38 bits per heavy atom. The van der Waals surface area contributed by atoms with Crippen molar-refractivity contribution in [2.75, 3.05) is 6.17 Å². The largest absolute Gasteiger partial charge is 0.335 e. The molecule has 0 radical (unpaired) electrons. The molecule has 0 aromatic carbocycles. The number of hydrogen-bond donors (Lipinski definition) is 2. The summed E-state index contributed by atoms with van der Waals surface area (Å²) in [4.78, 5) is 7.54. The molecule has 72 valence electrons. The molecule has 1 saturated heterocycles. The predicted molar refractivity (Wildman–Crippen MR) is 59.3 cm³/mol. The fourth-order valence-corrected chi connectivity index (χ4v) is 4.47. The summed E-state index contributed by atoms with van der Waals surface area (Å²) in [5.74, 6) is 1.07. The van der Waals surface area contributed by atoms with Gasteiger partial charge in [0.25, 0.3) is 0 Å². The first kappa shape index (κ1) is 9.42. The van der Waals surface area contributed by atoms with Gasteiger partial charge in [-0.1, -0.05) is 13.1 Å². The van der Waals surface area contributed by atoms with Crippen LogP contribution in [0.2, 0.25) is 19.1 Å². The third-order valence-corrected chi connectivity index (χ3v) is 5.56. The minimum absolute atomic E-state index is 0.452. The smallest absolute Gasteiger partial charge is 0.123 e. The minimum atomic E-state index is -0.963. The first-order valence-electron chi connectivity index (χ1n) is 4.51. The number of nitrogens with zero attached hydrogens (tertiary/aromatic N) is 1. The van der Waals surface area contributed by atoms with E-state index in [1.165, 1.54) is 12.2 Å². The third kappa shape index (κ3) is 2.03. The molecule has 5 heteroatoms. The highest BCUT2D eigenvalue weighted by Gasteiger charge is 2.34. The molecule has 0 amide bonds. The summed E-state index contributed by atoms with van der Waals surface area (Å²) in [5.41, 5.74) is 0. The summed E-state index contributed by atoms with van der Waals surface area (Å²) in [5, 5.41) is 3.52. The number of nitrogens with one attached hydrogen (secondary N) is 2. The van der Waals surface area contributed by atoms with Crippen molar-refractivity contribution in [1.82, 2.24) is 15.3 Å². The lowest BCUT2D eigenvalue weighted by Crippen LogP contribution is -2.28. The third-order valence-electron chi connectivity index (χ3n) is 2.48. The van der Waals surface area contributed by atoms with E-state index in [2.05, 4.69) is 44.3 Å². The van der Waals surface area contributed by atoms with Crippen LogP contribution in [0.4, 0.5) is 0 Å². The second kappa shape index (κ2) is 3.22. The van der Waals surface area contributed by atoms with E-state index in [4.69, 9.17) is 0 Å². The van der Waals surface area contributed by atoms with E-state index < -0.39 is 8.07 Å². The Morgan fingerprint density at radius 1 is 1.62 bits per heavy atom. The van der Waals surface area contributed by atoms with Crippen molar-refractivity contribution in [3.8, 4) is 0 Å². The molecule has 1 aromatic heterocycles. The van der Waals surface area contributed by atoms with Crippen LogP contribution in [0, 0.1) is 0 Å². The molecule has 0 aliphatic carbocycles. The summed E-state index contributed by atoms with van der Waals surface area (Å²) < 4.78 is 0.968. The highest BCUT2D eigenvalue weighted by molar-refractivity contribution is 9.10. The van der Waals surface area contributed by atoms with Crippen LogP contribution in [-0.2, 0) is 0 Å². The minimum Gasteiger partial charge on any atom is -0.335 e. The topological polar surface area (TPSA) is 40.7 Å². The van der Waals surface area contributed by atoms with E-state index >= 15 is 0 Å². The zero-order valence-electron chi connectivity index (χ0n) is 7.89. The summed E-state index contributed by atoms with van der Waals surface area (Å²) in [6, 6.07) is 1.74. The van der Waals surface area contributed by atoms with Crippen LogP contribution in [-0.4, -0.2) is 24.2 Å². The number of hydrogen-bond acceptors (Lipinski definition) is 2. The Labute approximate surface area is 87.5 Å². The summed E-state index contributed by atoms with van der Waals surface area (Å²) in [6.07, 6.45) is 3.03. The van der Waals surface area contributed by atoms with Gasteiger partial charge in [0.1, 0.15) is 10.4 Å². The first-order chi connectivity index (χ1) is 6.07. The normalized spacial score (nSPS) is 26.5. The van der Waals surface area contributed by atoms with Gasteiger partial charge in [-0.15, -0.1) is 0 Å². The van der Waals surface area contributed by atoms with Crippen LogP contribution < -0.4 is 5.32 Å². The van der Waals surface area contributed by atoms with E-state index in [-0.39, 0.29) is 0 Å². The van der Waals surface area contributed by atoms with Gasteiger partial charge >= 0.3 is 0 Å². The molecule has 1 aromatic rings. The van der Waals surface area contributed by atoms with Crippen molar-refractivity contribution in [3.63, 3.8) is 0 Å². The molecule has 1 atom stereocenters. The molecule has 1 aliphatic heterocycles. The Balaban J connectivity index is 2.12. The fourth-order valence-electron chi connectivity index (χ4n) is 1.78. The zero-order chi connectivity index (χ0) is 9.47. The van der Waals surface area contributed by atoms with Gasteiger partial charge in [0, 0.05) is 0 Å². The van der Waals surface area contributed by atoms with Gasteiger partial charge in [-0.05, 0) is 28.1 Å². The maximum Gasteiger partial charge on any atom is 0.123 e. The van der Waals surface area contributed by atoms with Crippen molar-refractivity contribution in [2.45, 2.75) is 25.2 Å². The van der Waals surface area contributed by atoms with Crippen LogP contribution >= 0.6 is 15.9 Å². The van der Waals surface area contributed by atoms with Crippen LogP contribution in [0.3, 0.4) is 0 Å². The lowest BCUT2D eigenvalue weighted by molar-refractivity contribution is 0.635. The number of halogens is 1. The highest BCUT2D eigenvalue weighted by Crippen LogP contribution is 2.28. The van der Waals surface area contributed by atoms with E-state index in [0.717, 1.165) is 10.4 Å². The van der Waals surface area contributed by atoms with Crippen molar-refractivity contribution < 1.29 is 0 Å². The monoisotopic (exact) mass is 259 g/mol. The van der Waals surface area contributed by atoms with Crippen LogP contribution in [0.25, 0.3) is 0 Å². The maximum atomic E-state index is 4.32. The second-order valence-corrected chi connectivity index (χ2v) is 10.4. The molecule has 1 fully saturated rings.